The summed E-state index contributed by atoms with van der Waals surface area (Å²) in [5.41, 5.74) is 0.392. The highest BCUT2D eigenvalue weighted by Crippen LogP contribution is 2.41. The summed E-state index contributed by atoms with van der Waals surface area (Å²) in [4.78, 5) is 0. The fraction of sp³-hybridized carbons (Fsp3) is 0.625. The highest BCUT2D eigenvalue weighted by atomic mass is 79.9. The number of hydrogen-bond acceptors (Lipinski definition) is 2. The predicted octanol–water partition coefficient (Wildman–Crippen LogP) is 5.02. The molecule has 1 aromatic carbocycles. The lowest BCUT2D eigenvalue weighted by molar-refractivity contribution is -0.0588. The molecule has 0 aromatic heterocycles. The fourth-order valence-corrected chi connectivity index (χ4v) is 3.83. The van der Waals surface area contributed by atoms with E-state index in [-0.39, 0.29) is 16.2 Å². The molecule has 2 aliphatic rings. The van der Waals surface area contributed by atoms with Crippen LogP contribution in [0.25, 0.3) is 0 Å². The van der Waals surface area contributed by atoms with Gasteiger partial charge in [-0.25, -0.2) is 8.78 Å². The van der Waals surface area contributed by atoms with E-state index in [0.717, 1.165) is 31.7 Å². The molecule has 3 rings (SSSR count). The molecule has 0 radical (unpaired) electrons. The Labute approximate surface area is 132 Å². The lowest BCUT2D eigenvalue weighted by Crippen LogP contribution is -2.33. The van der Waals surface area contributed by atoms with Crippen LogP contribution in [0.5, 0.6) is 0 Å². The van der Waals surface area contributed by atoms with E-state index in [1.165, 1.54) is 25.3 Å². The Hall–Kier alpha value is -0.680. The van der Waals surface area contributed by atoms with Gasteiger partial charge in [-0.15, -0.1) is 0 Å². The largest absolute Gasteiger partial charge is 0.380 e. The predicted molar refractivity (Wildman–Crippen MR) is 82.5 cm³/mol. The van der Waals surface area contributed by atoms with Gasteiger partial charge in [0.1, 0.15) is 11.6 Å². The van der Waals surface area contributed by atoms with Crippen LogP contribution in [-0.4, -0.2) is 18.2 Å². The molecule has 0 bridgehead atoms. The van der Waals surface area contributed by atoms with Gasteiger partial charge in [-0.05, 0) is 47.7 Å². The number of nitrogens with one attached hydrogen (secondary N) is 1. The monoisotopic (exact) mass is 359 g/mol. The first-order valence-electron chi connectivity index (χ1n) is 7.64. The molecule has 1 atom stereocenters. The molecule has 1 aliphatic carbocycles. The second-order valence-electron chi connectivity index (χ2n) is 6.15. The number of anilines is 1. The summed E-state index contributed by atoms with van der Waals surface area (Å²) in [5, 5.41) is 3.05. The minimum atomic E-state index is -0.587. The average molecular weight is 360 g/mol. The lowest BCUT2D eigenvalue weighted by atomic mass is 9.83. The molecule has 2 nitrogen and oxygen atoms in total. The number of hydrogen-bond donors (Lipinski definition) is 1. The molecule has 1 aliphatic heterocycles. The zero-order chi connectivity index (χ0) is 14.9. The number of ether oxygens (including phenoxy) is 1. The van der Waals surface area contributed by atoms with Crippen molar-refractivity contribution in [3.05, 3.63) is 28.2 Å². The summed E-state index contributed by atoms with van der Waals surface area (Å²) in [7, 11) is 0. The smallest absolute Gasteiger partial charge is 0.149 e. The molecule has 1 unspecified atom stereocenters. The molecule has 1 N–H and O–H groups in total. The first-order chi connectivity index (χ1) is 10.1. The van der Waals surface area contributed by atoms with Crippen LogP contribution >= 0.6 is 15.9 Å². The maximum absolute atomic E-state index is 13.7. The van der Waals surface area contributed by atoms with Gasteiger partial charge in [0.2, 0.25) is 0 Å². The molecule has 5 heteroatoms. The van der Waals surface area contributed by atoms with Gasteiger partial charge in [-0.1, -0.05) is 19.3 Å². The van der Waals surface area contributed by atoms with Crippen molar-refractivity contribution in [1.82, 2.24) is 0 Å². The third kappa shape index (κ3) is 3.39. The molecule has 1 saturated carbocycles. The zero-order valence-corrected chi connectivity index (χ0v) is 13.5. The number of benzene rings is 1. The normalized spacial score (nSPS) is 24.4. The maximum Gasteiger partial charge on any atom is 0.149 e. The minimum absolute atomic E-state index is 0.0759. The van der Waals surface area contributed by atoms with E-state index >= 15 is 0 Å². The van der Waals surface area contributed by atoms with E-state index in [1.807, 2.05) is 0 Å². The fourth-order valence-electron chi connectivity index (χ4n) is 3.48. The SMILES string of the molecule is Fc1cc(F)c(NCC2CCC3(CCCCC3)O2)cc1Br. The summed E-state index contributed by atoms with van der Waals surface area (Å²) in [6.07, 6.45) is 8.35. The first-order valence-corrected chi connectivity index (χ1v) is 8.44. The van der Waals surface area contributed by atoms with Gasteiger partial charge >= 0.3 is 0 Å². The van der Waals surface area contributed by atoms with Gasteiger partial charge < -0.3 is 10.1 Å². The van der Waals surface area contributed by atoms with Crippen molar-refractivity contribution in [3.8, 4) is 0 Å². The molecule has 1 heterocycles. The van der Waals surface area contributed by atoms with Gasteiger partial charge in [0.25, 0.3) is 0 Å². The Morgan fingerprint density at radius 2 is 1.90 bits per heavy atom. The van der Waals surface area contributed by atoms with E-state index < -0.39 is 11.6 Å². The Morgan fingerprint density at radius 1 is 1.14 bits per heavy atom. The van der Waals surface area contributed by atoms with Crippen LogP contribution in [0.2, 0.25) is 0 Å². The van der Waals surface area contributed by atoms with E-state index in [0.29, 0.717) is 12.2 Å². The van der Waals surface area contributed by atoms with E-state index in [9.17, 15) is 8.78 Å². The average Bonchev–Trinajstić information content (AvgIpc) is 2.85. The summed E-state index contributed by atoms with van der Waals surface area (Å²) >= 11 is 3.08. The Bertz CT molecular complexity index is 517. The van der Waals surface area contributed by atoms with Crippen LogP contribution in [0.3, 0.4) is 0 Å². The number of halogens is 3. The van der Waals surface area contributed by atoms with Crippen LogP contribution in [0.15, 0.2) is 16.6 Å². The Kier molecular flexibility index (Phi) is 4.50. The molecule has 1 aromatic rings. The van der Waals surface area contributed by atoms with Crippen LogP contribution in [0, 0.1) is 11.6 Å². The lowest BCUT2D eigenvalue weighted by Gasteiger charge is -2.33. The zero-order valence-electron chi connectivity index (χ0n) is 11.9. The summed E-state index contributed by atoms with van der Waals surface area (Å²) in [5.74, 6) is -1.16. The quantitative estimate of drug-likeness (QED) is 0.764. The van der Waals surface area contributed by atoms with Gasteiger partial charge in [0, 0.05) is 12.6 Å². The third-order valence-corrected chi connectivity index (χ3v) is 5.24. The highest BCUT2D eigenvalue weighted by molar-refractivity contribution is 9.10. The summed E-state index contributed by atoms with van der Waals surface area (Å²) < 4.78 is 33.4. The highest BCUT2D eigenvalue weighted by Gasteiger charge is 2.40. The van der Waals surface area contributed by atoms with Crippen molar-refractivity contribution in [1.29, 1.82) is 0 Å². The van der Waals surface area contributed by atoms with Gasteiger partial charge in [0.05, 0.1) is 21.9 Å². The third-order valence-electron chi connectivity index (χ3n) is 4.63. The van der Waals surface area contributed by atoms with Crippen molar-refractivity contribution < 1.29 is 13.5 Å². The summed E-state index contributed by atoms with van der Waals surface area (Å²) in [6.45, 7) is 0.566. The van der Waals surface area contributed by atoms with Crippen LogP contribution in [0.1, 0.15) is 44.9 Å². The van der Waals surface area contributed by atoms with Crippen LogP contribution in [0.4, 0.5) is 14.5 Å². The summed E-state index contributed by atoms with van der Waals surface area (Å²) in [6, 6.07) is 2.33. The standard InChI is InChI=1S/C16H20BrF2NO/c17-12-8-15(14(19)9-13(12)18)20-10-11-4-7-16(21-11)5-2-1-3-6-16/h8-9,11,20H,1-7,10H2. The topological polar surface area (TPSA) is 21.3 Å². The van der Waals surface area contributed by atoms with Crippen molar-refractivity contribution in [2.75, 3.05) is 11.9 Å². The molecule has 1 saturated heterocycles. The molecule has 21 heavy (non-hydrogen) atoms. The van der Waals surface area contributed by atoms with Crippen molar-refractivity contribution in [3.63, 3.8) is 0 Å². The van der Waals surface area contributed by atoms with Crippen molar-refractivity contribution in [2.45, 2.75) is 56.7 Å². The van der Waals surface area contributed by atoms with Crippen LogP contribution in [-0.2, 0) is 4.74 Å². The number of rotatable bonds is 3. The van der Waals surface area contributed by atoms with Gasteiger partial charge in [0.15, 0.2) is 0 Å². The second-order valence-corrected chi connectivity index (χ2v) is 7.00. The molecule has 1 spiro atoms. The maximum atomic E-state index is 13.7. The Balaban J connectivity index is 1.58. The first kappa shape index (κ1) is 15.2. The molecular weight excluding hydrogens is 340 g/mol. The van der Waals surface area contributed by atoms with Crippen LogP contribution < -0.4 is 5.32 Å². The van der Waals surface area contributed by atoms with E-state index in [2.05, 4.69) is 21.2 Å². The second kappa shape index (κ2) is 6.21. The molecule has 0 amide bonds. The Morgan fingerprint density at radius 3 is 2.67 bits per heavy atom. The molecular formula is C16H20BrF2NO. The van der Waals surface area contributed by atoms with Crippen molar-refractivity contribution >= 4 is 21.6 Å². The van der Waals surface area contributed by atoms with E-state index in [1.54, 1.807) is 0 Å². The molecule has 2 fully saturated rings. The molecule has 116 valence electrons. The van der Waals surface area contributed by atoms with Gasteiger partial charge in [-0.3, -0.25) is 0 Å². The minimum Gasteiger partial charge on any atom is -0.380 e. The van der Waals surface area contributed by atoms with Gasteiger partial charge in [-0.2, -0.15) is 0 Å². The van der Waals surface area contributed by atoms with E-state index in [4.69, 9.17) is 4.74 Å². The van der Waals surface area contributed by atoms with Crippen molar-refractivity contribution in [2.24, 2.45) is 0 Å².